The smallest absolute Gasteiger partial charge is 0.238 e. The van der Waals surface area contributed by atoms with Crippen LogP contribution in [-0.4, -0.2) is 36.9 Å². The molecule has 1 rings (SSSR count). The van der Waals surface area contributed by atoms with Gasteiger partial charge >= 0.3 is 0 Å². The summed E-state index contributed by atoms with van der Waals surface area (Å²) in [6.45, 7) is 9.12. The summed E-state index contributed by atoms with van der Waals surface area (Å²) in [5.74, 6) is -0.0375. The van der Waals surface area contributed by atoms with Gasteiger partial charge in [-0.25, -0.2) is 0 Å². The van der Waals surface area contributed by atoms with Crippen molar-refractivity contribution in [2.75, 3.05) is 13.1 Å². The molecule has 152 valence electrons. The number of hydrogen-bond acceptors (Lipinski definition) is 4. The van der Waals surface area contributed by atoms with Crippen LogP contribution in [-0.2, 0) is 16.0 Å². The van der Waals surface area contributed by atoms with Crippen LogP contribution < -0.4 is 16.4 Å². The highest BCUT2D eigenvalue weighted by Crippen LogP contribution is 2.19. The number of hydrogen-bond donors (Lipinski definition) is 3. The minimum Gasteiger partial charge on any atom is -0.345 e. The van der Waals surface area contributed by atoms with Gasteiger partial charge in [-0.2, -0.15) is 0 Å². The second-order valence-corrected chi connectivity index (χ2v) is 8.16. The molecule has 0 aromatic heterocycles. The fourth-order valence-corrected chi connectivity index (χ4v) is 2.98. The van der Waals surface area contributed by atoms with E-state index in [2.05, 4.69) is 17.6 Å². The largest absolute Gasteiger partial charge is 0.345 e. The quantitative estimate of drug-likeness (QED) is 0.491. The zero-order valence-electron chi connectivity index (χ0n) is 17.4. The summed E-state index contributed by atoms with van der Waals surface area (Å²) in [6.07, 6.45) is 3.86. The molecule has 0 aliphatic carbocycles. The van der Waals surface area contributed by atoms with Crippen LogP contribution >= 0.6 is 0 Å². The summed E-state index contributed by atoms with van der Waals surface area (Å²) >= 11 is 0. The van der Waals surface area contributed by atoms with Gasteiger partial charge in [0.25, 0.3) is 0 Å². The molecule has 5 heteroatoms. The Bertz CT molecular complexity index is 567. The molecule has 4 N–H and O–H groups in total. The van der Waals surface area contributed by atoms with Crippen molar-refractivity contribution >= 4 is 11.7 Å². The highest BCUT2D eigenvalue weighted by Gasteiger charge is 2.31. The Balaban J connectivity index is 2.86. The predicted molar refractivity (Wildman–Crippen MR) is 112 cm³/mol. The minimum absolute atomic E-state index is 0.0711. The highest BCUT2D eigenvalue weighted by atomic mass is 16.2. The van der Waals surface area contributed by atoms with Crippen molar-refractivity contribution in [2.45, 2.75) is 71.9 Å². The molecule has 0 saturated carbocycles. The first-order valence-electron chi connectivity index (χ1n) is 10.1. The molecule has 1 amide bonds. The standard InChI is InChI=1S/C22H37N3O2/c1-5-15-24-19(16-17-11-7-6-8-12-17)21(27)25-18(13-9-10-14-23)20(26)22(2,3)4/h6-8,11-12,18-19,24H,5,9-10,13-16,23H2,1-4H3,(H,25,27). The van der Waals surface area contributed by atoms with Crippen molar-refractivity contribution in [3.8, 4) is 0 Å². The van der Waals surface area contributed by atoms with Crippen LogP contribution in [0.5, 0.6) is 0 Å². The molecule has 0 aliphatic rings. The molecular weight excluding hydrogens is 338 g/mol. The molecule has 2 unspecified atom stereocenters. The van der Waals surface area contributed by atoms with Gasteiger partial charge in [0.15, 0.2) is 5.78 Å². The first kappa shape index (κ1) is 23.3. The second kappa shape index (κ2) is 11.9. The number of benzene rings is 1. The monoisotopic (exact) mass is 375 g/mol. The van der Waals surface area contributed by atoms with E-state index in [-0.39, 0.29) is 17.7 Å². The Morgan fingerprint density at radius 3 is 2.30 bits per heavy atom. The summed E-state index contributed by atoms with van der Waals surface area (Å²) in [4.78, 5) is 25.8. The molecule has 0 spiro atoms. The summed E-state index contributed by atoms with van der Waals surface area (Å²) in [5.41, 5.74) is 6.19. The van der Waals surface area contributed by atoms with Gasteiger partial charge in [0.1, 0.15) is 0 Å². The van der Waals surface area contributed by atoms with E-state index in [4.69, 9.17) is 5.73 Å². The minimum atomic E-state index is -0.494. The average Bonchev–Trinajstić information content (AvgIpc) is 2.63. The Kier molecular flexibility index (Phi) is 10.3. The lowest BCUT2D eigenvalue weighted by Crippen LogP contribution is -2.53. The molecule has 0 heterocycles. The first-order chi connectivity index (χ1) is 12.8. The van der Waals surface area contributed by atoms with Crippen LogP contribution in [0.1, 0.15) is 58.9 Å². The van der Waals surface area contributed by atoms with E-state index >= 15 is 0 Å². The van der Waals surface area contributed by atoms with Gasteiger partial charge in [0, 0.05) is 5.41 Å². The molecule has 1 aromatic rings. The van der Waals surface area contributed by atoms with Crippen LogP contribution in [0.15, 0.2) is 30.3 Å². The van der Waals surface area contributed by atoms with Crippen LogP contribution in [0.2, 0.25) is 0 Å². The maximum Gasteiger partial charge on any atom is 0.238 e. The molecule has 0 aliphatic heterocycles. The predicted octanol–water partition coefficient (Wildman–Crippen LogP) is 2.83. The molecule has 1 aromatic carbocycles. The van der Waals surface area contributed by atoms with Gasteiger partial charge in [0.05, 0.1) is 12.1 Å². The van der Waals surface area contributed by atoms with Crippen LogP contribution in [0.3, 0.4) is 0 Å². The Morgan fingerprint density at radius 2 is 1.74 bits per heavy atom. The lowest BCUT2D eigenvalue weighted by molar-refractivity contribution is -0.133. The maximum atomic E-state index is 13.0. The molecule has 0 radical (unpaired) electrons. The van der Waals surface area contributed by atoms with Gasteiger partial charge in [-0.3, -0.25) is 9.59 Å². The molecule has 27 heavy (non-hydrogen) atoms. The van der Waals surface area contributed by atoms with E-state index in [0.29, 0.717) is 19.4 Å². The molecule has 2 atom stereocenters. The summed E-state index contributed by atoms with van der Waals surface area (Å²) in [5, 5.41) is 6.34. The lowest BCUT2D eigenvalue weighted by Gasteiger charge is -2.27. The molecule has 0 fully saturated rings. The van der Waals surface area contributed by atoms with E-state index in [1.807, 2.05) is 51.1 Å². The summed E-state index contributed by atoms with van der Waals surface area (Å²) < 4.78 is 0. The van der Waals surface area contributed by atoms with E-state index < -0.39 is 11.5 Å². The van der Waals surface area contributed by atoms with Crippen molar-refractivity contribution in [3.63, 3.8) is 0 Å². The van der Waals surface area contributed by atoms with Crippen molar-refractivity contribution in [1.82, 2.24) is 10.6 Å². The number of nitrogens with two attached hydrogens (primary N) is 1. The number of amides is 1. The zero-order valence-corrected chi connectivity index (χ0v) is 17.4. The third kappa shape index (κ3) is 8.67. The molecule has 0 saturated heterocycles. The Hall–Kier alpha value is -1.72. The first-order valence-corrected chi connectivity index (χ1v) is 10.1. The van der Waals surface area contributed by atoms with Gasteiger partial charge in [-0.05, 0) is 50.8 Å². The third-order valence-electron chi connectivity index (χ3n) is 4.56. The highest BCUT2D eigenvalue weighted by molar-refractivity contribution is 5.93. The van der Waals surface area contributed by atoms with E-state index in [1.54, 1.807) is 0 Å². The van der Waals surface area contributed by atoms with E-state index in [0.717, 1.165) is 31.4 Å². The maximum absolute atomic E-state index is 13.0. The van der Waals surface area contributed by atoms with Crippen LogP contribution in [0.25, 0.3) is 0 Å². The molecule has 5 nitrogen and oxygen atoms in total. The Labute approximate surface area is 164 Å². The zero-order chi connectivity index (χ0) is 20.3. The average molecular weight is 376 g/mol. The number of carbonyl (C=O) groups is 2. The number of carbonyl (C=O) groups excluding carboxylic acids is 2. The van der Waals surface area contributed by atoms with Crippen molar-refractivity contribution in [2.24, 2.45) is 11.1 Å². The van der Waals surface area contributed by atoms with Crippen LogP contribution in [0, 0.1) is 5.41 Å². The topological polar surface area (TPSA) is 84.2 Å². The van der Waals surface area contributed by atoms with E-state index in [1.165, 1.54) is 0 Å². The third-order valence-corrected chi connectivity index (χ3v) is 4.56. The lowest BCUT2D eigenvalue weighted by atomic mass is 9.84. The van der Waals surface area contributed by atoms with Gasteiger partial charge in [0.2, 0.25) is 5.91 Å². The fraction of sp³-hybridized carbons (Fsp3) is 0.636. The normalized spacial score (nSPS) is 13.8. The van der Waals surface area contributed by atoms with Crippen molar-refractivity contribution in [3.05, 3.63) is 35.9 Å². The van der Waals surface area contributed by atoms with Crippen molar-refractivity contribution < 1.29 is 9.59 Å². The molecular formula is C22H37N3O2. The molecule has 0 bridgehead atoms. The SMILES string of the molecule is CCCNC(Cc1ccccc1)C(=O)NC(CCCCN)C(=O)C(C)(C)C. The summed E-state index contributed by atoms with van der Waals surface area (Å²) in [7, 11) is 0. The second-order valence-electron chi connectivity index (χ2n) is 8.16. The fourth-order valence-electron chi connectivity index (χ4n) is 2.98. The van der Waals surface area contributed by atoms with E-state index in [9.17, 15) is 9.59 Å². The number of Topliss-reactive ketones (excluding diaryl/α,β-unsaturated/α-hetero) is 1. The number of rotatable bonds is 12. The Morgan fingerprint density at radius 1 is 1.07 bits per heavy atom. The number of nitrogens with one attached hydrogen (secondary N) is 2. The number of ketones is 1. The van der Waals surface area contributed by atoms with Gasteiger partial charge < -0.3 is 16.4 Å². The van der Waals surface area contributed by atoms with Crippen molar-refractivity contribution in [1.29, 1.82) is 0 Å². The summed E-state index contributed by atoms with van der Waals surface area (Å²) in [6, 6.07) is 9.14. The van der Waals surface area contributed by atoms with Gasteiger partial charge in [-0.15, -0.1) is 0 Å². The van der Waals surface area contributed by atoms with Crippen LogP contribution in [0.4, 0.5) is 0 Å². The van der Waals surface area contributed by atoms with Gasteiger partial charge in [-0.1, -0.05) is 58.0 Å². The number of unbranched alkanes of at least 4 members (excludes halogenated alkanes) is 1.